The van der Waals surface area contributed by atoms with Crippen molar-refractivity contribution < 1.29 is 24.3 Å². The average Bonchev–Trinajstić information content (AvgIpc) is 2.99. The Balaban J connectivity index is 1.52. The maximum absolute atomic E-state index is 11.8. The summed E-state index contributed by atoms with van der Waals surface area (Å²) in [5, 5.41) is 12.7. The largest absolute Gasteiger partial charge is 0.479 e. The molecule has 3 fully saturated rings. The number of ether oxygens (including phenoxy) is 1. The zero-order valence-corrected chi connectivity index (χ0v) is 17.9. The molecular weight excluding hydrogens is 382 g/mol. The van der Waals surface area contributed by atoms with Gasteiger partial charge in [-0.1, -0.05) is 23.6 Å². The summed E-state index contributed by atoms with van der Waals surface area (Å²) in [5.74, 6) is 3.90. The molecule has 0 heterocycles. The molecule has 0 aromatic heterocycles. The van der Waals surface area contributed by atoms with E-state index in [1.807, 2.05) is 0 Å². The minimum absolute atomic E-state index is 0.151. The van der Waals surface area contributed by atoms with Gasteiger partial charge in [0.2, 0.25) is 6.61 Å². The molecule has 30 heavy (non-hydrogen) atoms. The fourth-order valence-corrected chi connectivity index (χ4v) is 7.11. The minimum Gasteiger partial charge on any atom is -0.479 e. The lowest BCUT2D eigenvalue weighted by molar-refractivity contribution is -0.167. The van der Waals surface area contributed by atoms with E-state index in [4.69, 9.17) is 21.1 Å². The molecule has 0 saturated heterocycles. The Hall–Kier alpha value is -2.29. The molecule has 6 heteroatoms. The third-order valence-electron chi connectivity index (χ3n) is 8.36. The van der Waals surface area contributed by atoms with Crippen LogP contribution in [0.15, 0.2) is 16.8 Å². The summed E-state index contributed by atoms with van der Waals surface area (Å²) in [4.78, 5) is 27.4. The van der Waals surface area contributed by atoms with E-state index >= 15 is 0 Å². The van der Waals surface area contributed by atoms with Crippen LogP contribution >= 0.6 is 0 Å². The molecule has 162 valence electrons. The second-order valence-electron chi connectivity index (χ2n) is 9.65. The highest BCUT2D eigenvalue weighted by Crippen LogP contribution is 2.65. The molecule has 0 aliphatic heterocycles. The van der Waals surface area contributed by atoms with Crippen molar-refractivity contribution in [3.8, 4) is 12.3 Å². The van der Waals surface area contributed by atoms with Gasteiger partial charge in [0.25, 0.3) is 0 Å². The van der Waals surface area contributed by atoms with Crippen LogP contribution in [0.25, 0.3) is 0 Å². The Morgan fingerprint density at radius 2 is 2.03 bits per heavy atom. The van der Waals surface area contributed by atoms with Crippen LogP contribution in [0, 0.1) is 41.4 Å². The highest BCUT2D eigenvalue weighted by Gasteiger charge is 2.64. The van der Waals surface area contributed by atoms with Crippen molar-refractivity contribution >= 4 is 17.7 Å². The van der Waals surface area contributed by atoms with Crippen molar-refractivity contribution in [2.45, 2.75) is 70.8 Å². The van der Waals surface area contributed by atoms with Gasteiger partial charge in [0.15, 0.2) is 5.60 Å². The van der Waals surface area contributed by atoms with E-state index in [9.17, 15) is 9.59 Å². The van der Waals surface area contributed by atoms with Crippen LogP contribution in [-0.2, 0) is 19.2 Å². The molecular formula is C24H31NO5. The van der Waals surface area contributed by atoms with Crippen LogP contribution < -0.4 is 0 Å². The lowest BCUT2D eigenvalue weighted by atomic mass is 9.50. The van der Waals surface area contributed by atoms with Crippen LogP contribution in [0.1, 0.15) is 65.2 Å². The first-order valence-corrected chi connectivity index (χ1v) is 11.1. The smallest absolute Gasteiger partial charge is 0.344 e. The summed E-state index contributed by atoms with van der Waals surface area (Å²) < 4.78 is 5.82. The Labute approximate surface area is 178 Å². The van der Waals surface area contributed by atoms with Gasteiger partial charge in [-0.3, -0.25) is 4.79 Å². The zero-order chi connectivity index (χ0) is 21.5. The van der Waals surface area contributed by atoms with Crippen LogP contribution in [0.2, 0.25) is 0 Å². The molecule has 0 aromatic rings. The molecule has 0 unspecified atom stereocenters. The molecule has 1 N–H and O–H groups in total. The predicted molar refractivity (Wildman–Crippen MR) is 111 cm³/mol. The first kappa shape index (κ1) is 21.0. The van der Waals surface area contributed by atoms with Gasteiger partial charge in [0.05, 0.1) is 5.71 Å². The first-order valence-electron chi connectivity index (χ1n) is 11.1. The highest BCUT2D eigenvalue weighted by atomic mass is 16.6. The normalized spacial score (nSPS) is 41.0. The molecule has 4 aliphatic rings. The summed E-state index contributed by atoms with van der Waals surface area (Å²) in [5.41, 5.74) is 1.37. The lowest BCUT2D eigenvalue weighted by Gasteiger charge is -2.55. The number of hydrogen-bond acceptors (Lipinski definition) is 5. The average molecular weight is 414 g/mol. The fourth-order valence-electron chi connectivity index (χ4n) is 7.11. The van der Waals surface area contributed by atoms with Crippen LogP contribution in [-0.4, -0.2) is 35.0 Å². The molecule has 0 aromatic carbocycles. The second-order valence-corrected chi connectivity index (χ2v) is 9.65. The maximum Gasteiger partial charge on any atom is 0.344 e. The van der Waals surface area contributed by atoms with E-state index in [-0.39, 0.29) is 11.4 Å². The maximum atomic E-state index is 11.8. The number of aliphatic carboxylic acids is 1. The second kappa shape index (κ2) is 7.76. The number of allylic oxidation sites excluding steroid dienone is 2. The minimum atomic E-state index is -1.01. The number of terminal acetylenes is 1. The lowest BCUT2D eigenvalue weighted by Crippen LogP contribution is -2.53. The number of carbonyl (C=O) groups is 2. The number of fused-ring (bicyclic) bond motifs is 5. The van der Waals surface area contributed by atoms with E-state index in [0.29, 0.717) is 23.7 Å². The number of oxime groups is 1. The number of carboxylic acid groups (broad SMARTS) is 1. The molecule has 6 atom stereocenters. The predicted octanol–water partition coefficient (Wildman–Crippen LogP) is 3.95. The molecule has 4 aliphatic carbocycles. The third-order valence-corrected chi connectivity index (χ3v) is 8.36. The Kier molecular flexibility index (Phi) is 5.42. The molecule has 4 rings (SSSR count). The van der Waals surface area contributed by atoms with Crippen molar-refractivity contribution in [3.05, 3.63) is 11.6 Å². The Morgan fingerprint density at radius 1 is 1.23 bits per heavy atom. The number of hydrogen-bond donors (Lipinski definition) is 1. The SMILES string of the molecule is C#C[C@]1(OC(C)=O)CC[C@H]2[C@@H]3CCC4=CC(=NOCC(=O)O)CC[C@@H]4[C@H]3CC[C@@]21C. The molecule has 0 amide bonds. The van der Waals surface area contributed by atoms with Gasteiger partial charge in [-0.15, -0.1) is 6.42 Å². The van der Waals surface area contributed by atoms with Gasteiger partial charge in [-0.2, -0.15) is 0 Å². The number of rotatable bonds is 4. The van der Waals surface area contributed by atoms with Crippen molar-refractivity contribution in [1.29, 1.82) is 0 Å². The van der Waals surface area contributed by atoms with E-state index in [0.717, 1.165) is 57.1 Å². The molecule has 0 bridgehead atoms. The standard InChI is InChI=1S/C24H31NO5/c1-4-24(30-15(2)26)12-10-21-20-7-5-16-13-17(25-29-14-22(27)28)6-8-18(16)19(20)9-11-23(21,24)3/h1,13,18-21H,5-12,14H2,2-3H3,(H,27,28)/t18-,19+,20+,21-,23-,24-/m0/s1. The summed E-state index contributed by atoms with van der Waals surface area (Å²) in [7, 11) is 0. The highest BCUT2D eigenvalue weighted by molar-refractivity contribution is 5.96. The molecule has 6 nitrogen and oxygen atoms in total. The van der Waals surface area contributed by atoms with E-state index in [1.54, 1.807) is 0 Å². The van der Waals surface area contributed by atoms with E-state index in [2.05, 4.69) is 24.1 Å². The van der Waals surface area contributed by atoms with Gasteiger partial charge < -0.3 is 14.7 Å². The van der Waals surface area contributed by atoms with E-state index in [1.165, 1.54) is 12.5 Å². The number of nitrogens with zero attached hydrogens (tertiary/aromatic N) is 1. The van der Waals surface area contributed by atoms with Gasteiger partial charge in [0.1, 0.15) is 0 Å². The zero-order valence-electron chi connectivity index (χ0n) is 17.9. The summed E-state index contributed by atoms with van der Waals surface area (Å²) in [6.07, 6.45) is 16.0. The summed E-state index contributed by atoms with van der Waals surface area (Å²) >= 11 is 0. The van der Waals surface area contributed by atoms with Crippen LogP contribution in [0.3, 0.4) is 0 Å². The molecule has 0 spiro atoms. The van der Waals surface area contributed by atoms with Crippen LogP contribution in [0.5, 0.6) is 0 Å². The van der Waals surface area contributed by atoms with Crippen LogP contribution in [0.4, 0.5) is 0 Å². The van der Waals surface area contributed by atoms with Gasteiger partial charge >= 0.3 is 11.9 Å². The van der Waals surface area contributed by atoms with Gasteiger partial charge in [0, 0.05) is 12.3 Å². The quantitative estimate of drug-likeness (QED) is 0.428. The fraction of sp³-hybridized carbons (Fsp3) is 0.708. The van der Waals surface area contributed by atoms with Crippen molar-refractivity contribution in [2.24, 2.45) is 34.2 Å². The van der Waals surface area contributed by atoms with Gasteiger partial charge in [-0.25, -0.2) is 4.79 Å². The van der Waals surface area contributed by atoms with Gasteiger partial charge in [-0.05, 0) is 81.1 Å². The Bertz CT molecular complexity index is 839. The first-order chi connectivity index (χ1) is 14.3. The summed E-state index contributed by atoms with van der Waals surface area (Å²) in [6, 6.07) is 0. The monoisotopic (exact) mass is 413 g/mol. The number of carboxylic acids is 1. The van der Waals surface area contributed by atoms with Crippen molar-refractivity contribution in [2.75, 3.05) is 6.61 Å². The number of esters is 1. The molecule has 0 radical (unpaired) electrons. The van der Waals surface area contributed by atoms with Crippen molar-refractivity contribution in [3.63, 3.8) is 0 Å². The van der Waals surface area contributed by atoms with Crippen molar-refractivity contribution in [1.82, 2.24) is 0 Å². The third kappa shape index (κ3) is 3.33. The summed E-state index contributed by atoms with van der Waals surface area (Å²) in [6.45, 7) is 3.31. The number of carbonyl (C=O) groups excluding carboxylic acids is 1. The van der Waals surface area contributed by atoms with E-state index < -0.39 is 18.2 Å². The topological polar surface area (TPSA) is 85.2 Å². The Morgan fingerprint density at radius 3 is 2.73 bits per heavy atom. The molecule has 3 saturated carbocycles.